The summed E-state index contributed by atoms with van der Waals surface area (Å²) >= 11 is 0. The standard InChI is InChI=1S/C16H22FN3O/c17-15-13(2-1-3-14(15)16(18)19-21)10-20(8-11-4-5-11)9-12-6-7-12/h1-3,11-12,21H,4-10H2,(H2,18,19). The highest BCUT2D eigenvalue weighted by atomic mass is 19.1. The van der Waals surface area contributed by atoms with Crippen LogP contribution in [0.4, 0.5) is 4.39 Å². The van der Waals surface area contributed by atoms with Gasteiger partial charge in [0, 0.05) is 25.2 Å². The zero-order valence-electron chi connectivity index (χ0n) is 12.1. The second-order valence-corrected chi connectivity index (χ2v) is 6.34. The summed E-state index contributed by atoms with van der Waals surface area (Å²) in [6, 6.07) is 5.09. The number of oxime groups is 1. The largest absolute Gasteiger partial charge is 0.409 e. The van der Waals surface area contributed by atoms with Gasteiger partial charge >= 0.3 is 0 Å². The third-order valence-corrected chi connectivity index (χ3v) is 4.28. The van der Waals surface area contributed by atoms with Gasteiger partial charge in [0.2, 0.25) is 0 Å². The van der Waals surface area contributed by atoms with Crippen LogP contribution in [0.25, 0.3) is 0 Å². The molecule has 0 spiro atoms. The van der Waals surface area contributed by atoms with Crippen LogP contribution in [-0.2, 0) is 6.54 Å². The van der Waals surface area contributed by atoms with Crippen LogP contribution in [0.15, 0.2) is 23.4 Å². The van der Waals surface area contributed by atoms with Gasteiger partial charge in [-0.2, -0.15) is 0 Å². The molecule has 2 aliphatic carbocycles. The number of benzene rings is 1. The number of halogens is 1. The average molecular weight is 291 g/mol. The number of nitrogens with zero attached hydrogens (tertiary/aromatic N) is 2. The zero-order valence-corrected chi connectivity index (χ0v) is 12.1. The number of rotatable bonds is 7. The summed E-state index contributed by atoms with van der Waals surface area (Å²) in [7, 11) is 0. The fourth-order valence-electron chi connectivity index (χ4n) is 2.73. The Kier molecular flexibility index (Phi) is 4.10. The molecule has 0 aromatic heterocycles. The highest BCUT2D eigenvalue weighted by molar-refractivity contribution is 5.97. The highest BCUT2D eigenvalue weighted by Crippen LogP contribution is 2.34. The van der Waals surface area contributed by atoms with Crippen molar-refractivity contribution in [2.45, 2.75) is 32.2 Å². The smallest absolute Gasteiger partial charge is 0.173 e. The fraction of sp³-hybridized carbons (Fsp3) is 0.562. The van der Waals surface area contributed by atoms with Crippen LogP contribution < -0.4 is 5.73 Å². The van der Waals surface area contributed by atoms with Gasteiger partial charge in [0.1, 0.15) is 5.82 Å². The molecule has 1 aromatic rings. The molecule has 2 fully saturated rings. The Balaban J connectivity index is 1.74. The quantitative estimate of drug-likeness (QED) is 0.351. The highest BCUT2D eigenvalue weighted by Gasteiger charge is 2.29. The Labute approximate surface area is 124 Å². The lowest BCUT2D eigenvalue weighted by molar-refractivity contribution is 0.241. The van der Waals surface area contributed by atoms with E-state index in [0.717, 1.165) is 24.9 Å². The fourth-order valence-corrected chi connectivity index (χ4v) is 2.73. The topological polar surface area (TPSA) is 61.9 Å². The van der Waals surface area contributed by atoms with Gasteiger partial charge in [-0.3, -0.25) is 4.90 Å². The van der Waals surface area contributed by atoms with Crippen LogP contribution in [0.1, 0.15) is 36.8 Å². The molecule has 3 rings (SSSR count). The van der Waals surface area contributed by atoms with E-state index in [9.17, 15) is 4.39 Å². The SMILES string of the molecule is N/C(=N/O)c1cccc(CN(CC2CC2)CC2CC2)c1F. The van der Waals surface area contributed by atoms with Crippen molar-refractivity contribution < 1.29 is 9.60 Å². The molecule has 5 heteroatoms. The van der Waals surface area contributed by atoms with E-state index in [2.05, 4.69) is 10.1 Å². The zero-order chi connectivity index (χ0) is 14.8. The molecule has 1 aromatic carbocycles. The summed E-state index contributed by atoms with van der Waals surface area (Å²) < 4.78 is 14.5. The minimum atomic E-state index is -0.371. The van der Waals surface area contributed by atoms with E-state index in [1.165, 1.54) is 25.7 Å². The first kappa shape index (κ1) is 14.3. The van der Waals surface area contributed by atoms with Crippen LogP contribution in [0, 0.1) is 17.7 Å². The maximum atomic E-state index is 14.5. The number of hydrogen-bond acceptors (Lipinski definition) is 3. The van der Waals surface area contributed by atoms with Gasteiger partial charge in [0.15, 0.2) is 5.84 Å². The summed E-state index contributed by atoms with van der Waals surface area (Å²) in [5.41, 5.74) is 6.32. The van der Waals surface area contributed by atoms with Gasteiger partial charge in [0.05, 0.1) is 5.56 Å². The molecule has 0 heterocycles. The van der Waals surface area contributed by atoms with E-state index in [4.69, 9.17) is 10.9 Å². The van der Waals surface area contributed by atoms with E-state index in [1.54, 1.807) is 18.2 Å². The van der Waals surface area contributed by atoms with Crippen LogP contribution in [0.5, 0.6) is 0 Å². The van der Waals surface area contributed by atoms with Crippen molar-refractivity contribution in [3.05, 3.63) is 35.1 Å². The predicted molar refractivity (Wildman–Crippen MR) is 79.6 cm³/mol. The first-order chi connectivity index (χ1) is 10.2. The lowest BCUT2D eigenvalue weighted by Gasteiger charge is -2.23. The van der Waals surface area contributed by atoms with E-state index in [0.29, 0.717) is 12.1 Å². The molecule has 0 unspecified atom stereocenters. The lowest BCUT2D eigenvalue weighted by atomic mass is 10.1. The predicted octanol–water partition coefficient (Wildman–Crippen LogP) is 2.54. The summed E-state index contributed by atoms with van der Waals surface area (Å²) in [6.07, 6.45) is 5.20. The number of amidine groups is 1. The summed E-state index contributed by atoms with van der Waals surface area (Å²) in [4.78, 5) is 2.36. The van der Waals surface area contributed by atoms with Crippen molar-refractivity contribution in [2.24, 2.45) is 22.7 Å². The molecule has 0 aliphatic heterocycles. The first-order valence-corrected chi connectivity index (χ1v) is 7.65. The Bertz CT molecular complexity index is 524. The molecule has 0 radical (unpaired) electrons. The van der Waals surface area contributed by atoms with Gasteiger partial charge in [-0.05, 0) is 43.6 Å². The monoisotopic (exact) mass is 291 g/mol. The van der Waals surface area contributed by atoms with Crippen molar-refractivity contribution in [2.75, 3.05) is 13.1 Å². The van der Waals surface area contributed by atoms with E-state index >= 15 is 0 Å². The van der Waals surface area contributed by atoms with Gasteiger partial charge in [-0.15, -0.1) is 0 Å². The average Bonchev–Trinajstić information content (AvgIpc) is 3.37. The summed E-state index contributed by atoms with van der Waals surface area (Å²) in [5.74, 6) is 1.04. The molecule has 0 saturated heterocycles. The van der Waals surface area contributed by atoms with Crippen LogP contribution in [0.2, 0.25) is 0 Å². The molecule has 3 N–H and O–H groups in total. The van der Waals surface area contributed by atoms with E-state index in [-0.39, 0.29) is 17.2 Å². The molecular formula is C16H22FN3O. The Morgan fingerprint density at radius 1 is 1.24 bits per heavy atom. The molecular weight excluding hydrogens is 269 g/mol. The van der Waals surface area contributed by atoms with Crippen molar-refractivity contribution in [1.29, 1.82) is 0 Å². The maximum Gasteiger partial charge on any atom is 0.173 e. The second kappa shape index (κ2) is 6.02. The molecule has 114 valence electrons. The molecule has 2 aliphatic rings. The van der Waals surface area contributed by atoms with Gasteiger partial charge < -0.3 is 10.9 Å². The minimum absolute atomic E-state index is 0.174. The Hall–Kier alpha value is -1.62. The third-order valence-electron chi connectivity index (χ3n) is 4.28. The van der Waals surface area contributed by atoms with Crippen LogP contribution >= 0.6 is 0 Å². The second-order valence-electron chi connectivity index (χ2n) is 6.34. The van der Waals surface area contributed by atoms with Crippen molar-refractivity contribution in [3.8, 4) is 0 Å². The summed E-state index contributed by atoms with van der Waals surface area (Å²) in [6.45, 7) is 2.72. The lowest BCUT2D eigenvalue weighted by Crippen LogP contribution is -2.28. The minimum Gasteiger partial charge on any atom is -0.409 e. The Morgan fingerprint density at radius 3 is 2.38 bits per heavy atom. The summed E-state index contributed by atoms with van der Waals surface area (Å²) in [5, 5.41) is 11.6. The van der Waals surface area contributed by atoms with Gasteiger partial charge in [-0.25, -0.2) is 4.39 Å². The third kappa shape index (κ3) is 3.73. The van der Waals surface area contributed by atoms with E-state index < -0.39 is 0 Å². The molecule has 0 amide bonds. The molecule has 2 saturated carbocycles. The van der Waals surface area contributed by atoms with E-state index in [1.807, 2.05) is 0 Å². The van der Waals surface area contributed by atoms with Crippen LogP contribution in [-0.4, -0.2) is 29.0 Å². The maximum absolute atomic E-state index is 14.5. The Morgan fingerprint density at radius 2 is 1.86 bits per heavy atom. The van der Waals surface area contributed by atoms with Gasteiger partial charge in [0.25, 0.3) is 0 Å². The van der Waals surface area contributed by atoms with Crippen LogP contribution in [0.3, 0.4) is 0 Å². The van der Waals surface area contributed by atoms with Crippen molar-refractivity contribution in [1.82, 2.24) is 4.90 Å². The number of nitrogens with two attached hydrogens (primary N) is 1. The molecule has 21 heavy (non-hydrogen) atoms. The molecule has 0 bridgehead atoms. The molecule has 0 atom stereocenters. The van der Waals surface area contributed by atoms with Gasteiger partial charge in [-0.1, -0.05) is 17.3 Å². The molecule has 4 nitrogen and oxygen atoms in total. The first-order valence-electron chi connectivity index (χ1n) is 7.65. The van der Waals surface area contributed by atoms with Crippen molar-refractivity contribution in [3.63, 3.8) is 0 Å². The number of hydrogen-bond donors (Lipinski definition) is 2. The normalized spacial score (nSPS) is 19.2. The van der Waals surface area contributed by atoms with Crippen molar-refractivity contribution >= 4 is 5.84 Å².